The highest BCUT2D eigenvalue weighted by atomic mass is 16.5. The van der Waals surface area contributed by atoms with Crippen LogP contribution in [-0.2, 0) is 19.9 Å². The summed E-state index contributed by atoms with van der Waals surface area (Å²) in [5.41, 5.74) is 1.28. The molecule has 5 nitrogen and oxygen atoms in total. The van der Waals surface area contributed by atoms with E-state index in [1.54, 1.807) is 6.33 Å². The van der Waals surface area contributed by atoms with Gasteiger partial charge in [-0.15, -0.1) is 0 Å². The molecule has 1 aromatic carbocycles. The minimum absolute atomic E-state index is 0.152. The van der Waals surface area contributed by atoms with Crippen LogP contribution in [0.25, 0.3) is 0 Å². The van der Waals surface area contributed by atoms with E-state index in [9.17, 15) is 0 Å². The Balaban J connectivity index is 1.73. The number of likely N-dealkylation sites (N-methyl/N-ethyl adjacent to an activating group) is 1. The van der Waals surface area contributed by atoms with Gasteiger partial charge in [0.2, 0.25) is 0 Å². The second-order valence-corrected chi connectivity index (χ2v) is 4.87. The minimum Gasteiger partial charge on any atom is -0.488 e. The van der Waals surface area contributed by atoms with Crippen LogP contribution in [0.3, 0.4) is 0 Å². The molecule has 19 heavy (non-hydrogen) atoms. The third kappa shape index (κ3) is 2.33. The largest absolute Gasteiger partial charge is 0.488 e. The van der Waals surface area contributed by atoms with Gasteiger partial charge in [-0.05, 0) is 18.7 Å². The van der Waals surface area contributed by atoms with Crippen molar-refractivity contribution < 1.29 is 4.74 Å². The van der Waals surface area contributed by atoms with Gasteiger partial charge in [0.1, 0.15) is 24.0 Å². The zero-order chi connectivity index (χ0) is 13.2. The summed E-state index contributed by atoms with van der Waals surface area (Å²) in [6.07, 6.45) is 3.50. The molecule has 1 aromatic heterocycles. The lowest BCUT2D eigenvalue weighted by Crippen LogP contribution is -2.42. The Bertz CT molecular complexity index is 541. The Kier molecular flexibility index (Phi) is 3.21. The summed E-state index contributed by atoms with van der Waals surface area (Å²) in [5, 5.41) is 7.45. The second kappa shape index (κ2) is 5.01. The van der Waals surface area contributed by atoms with Crippen LogP contribution in [-0.4, -0.2) is 34.0 Å². The molecule has 2 atom stereocenters. The number of aromatic nitrogens is 3. The molecule has 1 N–H and O–H groups in total. The molecule has 3 rings (SSSR count). The van der Waals surface area contributed by atoms with Crippen LogP contribution in [0.4, 0.5) is 0 Å². The maximum Gasteiger partial charge on any atom is 0.138 e. The smallest absolute Gasteiger partial charge is 0.138 e. The SMILES string of the molecule is CNC(Cc1ncnn1C)C1Cc2ccccc2O1. The van der Waals surface area contributed by atoms with Crippen molar-refractivity contribution in [3.8, 4) is 5.75 Å². The molecular weight excluding hydrogens is 240 g/mol. The van der Waals surface area contributed by atoms with Crippen LogP contribution < -0.4 is 10.1 Å². The fourth-order valence-electron chi connectivity index (χ4n) is 2.55. The number of nitrogens with zero attached hydrogens (tertiary/aromatic N) is 3. The van der Waals surface area contributed by atoms with Crippen molar-refractivity contribution in [2.24, 2.45) is 7.05 Å². The van der Waals surface area contributed by atoms with Gasteiger partial charge in [0.15, 0.2) is 0 Å². The van der Waals surface area contributed by atoms with Crippen LogP contribution in [0.15, 0.2) is 30.6 Å². The first kappa shape index (κ1) is 12.2. The molecule has 0 saturated heterocycles. The lowest BCUT2D eigenvalue weighted by Gasteiger charge is -2.22. The number of hydrogen-bond acceptors (Lipinski definition) is 4. The fraction of sp³-hybridized carbons (Fsp3) is 0.429. The van der Waals surface area contributed by atoms with Gasteiger partial charge in [0, 0.05) is 19.9 Å². The summed E-state index contributed by atoms with van der Waals surface area (Å²) in [6.45, 7) is 0. The predicted octanol–water partition coefficient (Wildman–Crippen LogP) is 0.949. The van der Waals surface area contributed by atoms with E-state index in [0.717, 1.165) is 24.4 Å². The van der Waals surface area contributed by atoms with Crippen LogP contribution in [0, 0.1) is 0 Å². The van der Waals surface area contributed by atoms with Gasteiger partial charge in [-0.1, -0.05) is 18.2 Å². The summed E-state index contributed by atoms with van der Waals surface area (Å²) < 4.78 is 7.84. The van der Waals surface area contributed by atoms with Crippen LogP contribution in [0.5, 0.6) is 5.75 Å². The zero-order valence-corrected chi connectivity index (χ0v) is 11.2. The fourth-order valence-corrected chi connectivity index (χ4v) is 2.55. The highest BCUT2D eigenvalue weighted by Gasteiger charge is 2.30. The van der Waals surface area contributed by atoms with Gasteiger partial charge < -0.3 is 10.1 Å². The summed E-state index contributed by atoms with van der Waals surface area (Å²) >= 11 is 0. The van der Waals surface area contributed by atoms with E-state index >= 15 is 0 Å². The van der Waals surface area contributed by atoms with E-state index in [-0.39, 0.29) is 12.1 Å². The van der Waals surface area contributed by atoms with Crippen LogP contribution in [0.1, 0.15) is 11.4 Å². The molecule has 100 valence electrons. The predicted molar refractivity (Wildman–Crippen MR) is 72.1 cm³/mol. The number of aryl methyl sites for hydroxylation is 1. The van der Waals surface area contributed by atoms with E-state index in [1.165, 1.54) is 5.56 Å². The van der Waals surface area contributed by atoms with E-state index in [2.05, 4.69) is 27.5 Å². The molecule has 5 heteroatoms. The number of hydrogen-bond donors (Lipinski definition) is 1. The third-order valence-electron chi connectivity index (χ3n) is 3.70. The molecule has 2 aromatic rings. The summed E-state index contributed by atoms with van der Waals surface area (Å²) in [6, 6.07) is 8.46. The highest BCUT2D eigenvalue weighted by molar-refractivity contribution is 5.37. The molecule has 2 unspecified atom stereocenters. The number of rotatable bonds is 4. The average Bonchev–Trinajstić information content (AvgIpc) is 3.02. The van der Waals surface area contributed by atoms with Crippen LogP contribution >= 0.6 is 0 Å². The normalized spacial score (nSPS) is 18.9. The first-order valence-electron chi connectivity index (χ1n) is 6.52. The monoisotopic (exact) mass is 258 g/mol. The number of para-hydroxylation sites is 1. The molecule has 1 aliphatic heterocycles. The van der Waals surface area contributed by atoms with Crippen molar-refractivity contribution >= 4 is 0 Å². The maximum absolute atomic E-state index is 6.03. The van der Waals surface area contributed by atoms with Crippen molar-refractivity contribution in [3.05, 3.63) is 42.0 Å². The number of ether oxygens (including phenoxy) is 1. The number of benzene rings is 1. The summed E-state index contributed by atoms with van der Waals surface area (Å²) in [4.78, 5) is 4.28. The second-order valence-electron chi connectivity index (χ2n) is 4.87. The maximum atomic E-state index is 6.03. The lowest BCUT2D eigenvalue weighted by molar-refractivity contribution is 0.180. The molecule has 0 bridgehead atoms. The Morgan fingerprint density at radius 1 is 1.47 bits per heavy atom. The minimum atomic E-state index is 0.152. The van der Waals surface area contributed by atoms with Crippen LogP contribution in [0.2, 0.25) is 0 Å². The molecule has 0 radical (unpaired) electrons. The van der Waals surface area contributed by atoms with Gasteiger partial charge >= 0.3 is 0 Å². The standard InChI is InChI=1S/C14H18N4O/c1-15-11(8-14-16-9-17-18(14)2)13-7-10-5-3-4-6-12(10)19-13/h3-6,9,11,13,15H,7-8H2,1-2H3. The molecule has 0 saturated carbocycles. The molecule has 0 fully saturated rings. The Labute approximate surface area is 112 Å². The Morgan fingerprint density at radius 2 is 2.32 bits per heavy atom. The lowest BCUT2D eigenvalue weighted by atomic mass is 10.0. The van der Waals surface area contributed by atoms with E-state index in [1.807, 2.05) is 30.9 Å². The van der Waals surface area contributed by atoms with Crippen molar-refractivity contribution in [2.75, 3.05) is 7.05 Å². The molecule has 0 spiro atoms. The van der Waals surface area contributed by atoms with Gasteiger partial charge in [0.25, 0.3) is 0 Å². The van der Waals surface area contributed by atoms with Gasteiger partial charge in [-0.2, -0.15) is 5.10 Å². The Hall–Kier alpha value is -1.88. The average molecular weight is 258 g/mol. The first-order chi connectivity index (χ1) is 9.28. The van der Waals surface area contributed by atoms with Gasteiger partial charge in [-0.3, -0.25) is 4.68 Å². The Morgan fingerprint density at radius 3 is 3.00 bits per heavy atom. The number of fused-ring (bicyclic) bond motifs is 1. The first-order valence-corrected chi connectivity index (χ1v) is 6.52. The third-order valence-corrected chi connectivity index (χ3v) is 3.70. The summed E-state index contributed by atoms with van der Waals surface area (Å²) in [7, 11) is 3.88. The molecule has 2 heterocycles. The van der Waals surface area contributed by atoms with Crippen molar-refractivity contribution in [2.45, 2.75) is 25.0 Å². The zero-order valence-electron chi connectivity index (χ0n) is 11.2. The van der Waals surface area contributed by atoms with Crippen molar-refractivity contribution in [3.63, 3.8) is 0 Å². The highest BCUT2D eigenvalue weighted by Crippen LogP contribution is 2.29. The molecule has 0 amide bonds. The van der Waals surface area contributed by atoms with Gasteiger partial charge in [-0.25, -0.2) is 4.98 Å². The van der Waals surface area contributed by atoms with E-state index < -0.39 is 0 Å². The number of nitrogens with one attached hydrogen (secondary N) is 1. The van der Waals surface area contributed by atoms with E-state index in [0.29, 0.717) is 0 Å². The molecule has 0 aliphatic carbocycles. The summed E-state index contributed by atoms with van der Waals surface area (Å²) in [5.74, 6) is 1.98. The quantitative estimate of drug-likeness (QED) is 0.887. The van der Waals surface area contributed by atoms with Gasteiger partial charge in [0.05, 0.1) is 6.04 Å². The topological polar surface area (TPSA) is 52.0 Å². The van der Waals surface area contributed by atoms with Crippen molar-refractivity contribution in [1.29, 1.82) is 0 Å². The molecule has 1 aliphatic rings. The van der Waals surface area contributed by atoms with Crippen molar-refractivity contribution in [1.82, 2.24) is 20.1 Å². The molecular formula is C14H18N4O. The van der Waals surface area contributed by atoms with E-state index in [4.69, 9.17) is 4.74 Å².